The van der Waals surface area contributed by atoms with Gasteiger partial charge in [-0.15, -0.1) is 0 Å². The number of ether oxygens (including phenoxy) is 1. The lowest BCUT2D eigenvalue weighted by atomic mass is 10.00. The highest BCUT2D eigenvalue weighted by Gasteiger charge is 2.21. The first-order valence-corrected chi connectivity index (χ1v) is 6.03. The monoisotopic (exact) mass is 246 g/mol. The highest BCUT2D eigenvalue weighted by molar-refractivity contribution is 5.74. The smallest absolute Gasteiger partial charge is 0.315 e. The minimum Gasteiger partial charge on any atom is -0.396 e. The highest BCUT2D eigenvalue weighted by Crippen LogP contribution is 2.15. The van der Waals surface area contributed by atoms with Crippen LogP contribution in [0.1, 0.15) is 40.5 Å². The fourth-order valence-corrected chi connectivity index (χ4v) is 1.63. The van der Waals surface area contributed by atoms with Crippen LogP contribution in [0.2, 0.25) is 0 Å². The van der Waals surface area contributed by atoms with Crippen molar-refractivity contribution in [3.05, 3.63) is 0 Å². The summed E-state index contributed by atoms with van der Waals surface area (Å²) in [6.45, 7) is 7.85. The molecule has 0 aromatic rings. The lowest BCUT2D eigenvalue weighted by molar-refractivity contribution is 0.00949. The number of urea groups is 1. The molecule has 0 aromatic heterocycles. The van der Waals surface area contributed by atoms with Crippen LogP contribution in [0.25, 0.3) is 0 Å². The van der Waals surface area contributed by atoms with Gasteiger partial charge in [0.2, 0.25) is 0 Å². The minimum atomic E-state index is -0.247. The molecule has 5 heteroatoms. The summed E-state index contributed by atoms with van der Waals surface area (Å²) in [5, 5.41) is 14.3. The third kappa shape index (κ3) is 7.99. The lowest BCUT2D eigenvalue weighted by Crippen LogP contribution is -2.46. The van der Waals surface area contributed by atoms with Crippen molar-refractivity contribution in [2.24, 2.45) is 0 Å². The van der Waals surface area contributed by atoms with Gasteiger partial charge in [0.05, 0.1) is 5.60 Å². The number of hydrogen-bond donors (Lipinski definition) is 3. The summed E-state index contributed by atoms with van der Waals surface area (Å²) >= 11 is 0. The summed E-state index contributed by atoms with van der Waals surface area (Å²) in [6.07, 6.45) is 1.30. The van der Waals surface area contributed by atoms with E-state index in [1.165, 1.54) is 0 Å². The van der Waals surface area contributed by atoms with E-state index in [1.54, 1.807) is 7.11 Å². The van der Waals surface area contributed by atoms with E-state index in [2.05, 4.69) is 10.6 Å². The predicted molar refractivity (Wildman–Crippen MR) is 68.0 cm³/mol. The Morgan fingerprint density at radius 2 is 1.82 bits per heavy atom. The van der Waals surface area contributed by atoms with Crippen molar-refractivity contribution in [2.45, 2.75) is 58.2 Å². The van der Waals surface area contributed by atoms with Gasteiger partial charge in [-0.3, -0.25) is 0 Å². The molecule has 0 aromatic carbocycles. The molecule has 0 aliphatic rings. The molecule has 0 aliphatic carbocycles. The van der Waals surface area contributed by atoms with Gasteiger partial charge in [-0.05, 0) is 40.5 Å². The molecule has 0 saturated carbocycles. The molecule has 102 valence electrons. The molecule has 0 saturated heterocycles. The molecule has 5 nitrogen and oxygen atoms in total. The second-order valence-corrected chi connectivity index (χ2v) is 5.10. The van der Waals surface area contributed by atoms with Crippen LogP contribution in [0, 0.1) is 0 Å². The van der Waals surface area contributed by atoms with Crippen LogP contribution in [0.15, 0.2) is 0 Å². The quantitative estimate of drug-likeness (QED) is 0.633. The van der Waals surface area contributed by atoms with Crippen molar-refractivity contribution in [2.75, 3.05) is 13.7 Å². The number of methoxy groups -OCH3 is 1. The molecule has 0 heterocycles. The maximum Gasteiger partial charge on any atom is 0.315 e. The fourth-order valence-electron chi connectivity index (χ4n) is 1.63. The molecule has 1 unspecified atom stereocenters. The molecule has 0 radical (unpaired) electrons. The SMILES string of the molecule is COC(C)(C)CC(C)NC(=O)N[C@H](C)CCO. The molecule has 2 amide bonds. The molecule has 0 spiro atoms. The third-order valence-electron chi connectivity index (χ3n) is 2.67. The van der Waals surface area contributed by atoms with Crippen molar-refractivity contribution in [1.29, 1.82) is 0 Å². The van der Waals surface area contributed by atoms with Crippen LogP contribution in [0.3, 0.4) is 0 Å². The maximum atomic E-state index is 11.6. The second-order valence-electron chi connectivity index (χ2n) is 5.10. The van der Waals surface area contributed by atoms with E-state index in [4.69, 9.17) is 9.84 Å². The fraction of sp³-hybridized carbons (Fsp3) is 0.917. The Labute approximate surface area is 104 Å². The molecular formula is C12H26N2O3. The summed E-state index contributed by atoms with van der Waals surface area (Å²) in [4.78, 5) is 11.6. The maximum absolute atomic E-state index is 11.6. The largest absolute Gasteiger partial charge is 0.396 e. The summed E-state index contributed by atoms with van der Waals surface area (Å²) < 4.78 is 5.30. The Morgan fingerprint density at radius 1 is 1.29 bits per heavy atom. The Hall–Kier alpha value is -0.810. The second kappa shape index (κ2) is 7.50. The van der Waals surface area contributed by atoms with Crippen LogP contribution >= 0.6 is 0 Å². The van der Waals surface area contributed by atoms with Gasteiger partial charge < -0.3 is 20.5 Å². The number of carbonyl (C=O) groups excluding carboxylic acids is 1. The molecule has 0 fully saturated rings. The number of hydrogen-bond acceptors (Lipinski definition) is 3. The molecule has 0 aliphatic heterocycles. The van der Waals surface area contributed by atoms with Gasteiger partial charge in [-0.2, -0.15) is 0 Å². The zero-order valence-electron chi connectivity index (χ0n) is 11.5. The normalized spacial score (nSPS) is 15.2. The average Bonchev–Trinajstić information content (AvgIpc) is 2.16. The van der Waals surface area contributed by atoms with Crippen LogP contribution < -0.4 is 10.6 Å². The number of carbonyl (C=O) groups is 1. The third-order valence-corrected chi connectivity index (χ3v) is 2.67. The van der Waals surface area contributed by atoms with Crippen LogP contribution in [-0.2, 0) is 4.74 Å². The molecule has 2 atom stereocenters. The van der Waals surface area contributed by atoms with Gasteiger partial charge in [0, 0.05) is 25.8 Å². The van der Waals surface area contributed by atoms with Crippen molar-refractivity contribution in [3.63, 3.8) is 0 Å². The van der Waals surface area contributed by atoms with E-state index in [9.17, 15) is 4.79 Å². The van der Waals surface area contributed by atoms with Gasteiger partial charge in [-0.1, -0.05) is 0 Å². The van der Waals surface area contributed by atoms with Crippen molar-refractivity contribution >= 4 is 6.03 Å². The van der Waals surface area contributed by atoms with E-state index in [0.29, 0.717) is 6.42 Å². The molecule has 0 bridgehead atoms. The van der Waals surface area contributed by atoms with Crippen LogP contribution in [0.5, 0.6) is 0 Å². The Morgan fingerprint density at radius 3 is 2.29 bits per heavy atom. The summed E-state index contributed by atoms with van der Waals surface area (Å²) in [7, 11) is 1.66. The number of aliphatic hydroxyl groups excluding tert-OH is 1. The first-order valence-electron chi connectivity index (χ1n) is 6.03. The van der Waals surface area contributed by atoms with Crippen molar-refractivity contribution in [3.8, 4) is 0 Å². The standard InChI is InChI=1S/C12H26N2O3/c1-9(6-7-15)13-11(16)14-10(2)8-12(3,4)17-5/h9-10,15H,6-8H2,1-5H3,(H2,13,14,16)/t9-,10?/m1/s1. The average molecular weight is 246 g/mol. The van der Waals surface area contributed by atoms with E-state index >= 15 is 0 Å². The van der Waals surface area contributed by atoms with E-state index in [-0.39, 0.29) is 30.3 Å². The Kier molecular flexibility index (Phi) is 7.15. The van der Waals surface area contributed by atoms with Crippen LogP contribution in [0.4, 0.5) is 4.79 Å². The molecular weight excluding hydrogens is 220 g/mol. The number of amides is 2. The van der Waals surface area contributed by atoms with Crippen molar-refractivity contribution in [1.82, 2.24) is 10.6 Å². The van der Waals surface area contributed by atoms with Crippen LogP contribution in [-0.4, -0.2) is 42.5 Å². The zero-order chi connectivity index (χ0) is 13.5. The molecule has 3 N–H and O–H groups in total. The van der Waals surface area contributed by atoms with E-state index in [1.807, 2.05) is 27.7 Å². The Balaban J connectivity index is 3.95. The Bertz CT molecular complexity index is 232. The van der Waals surface area contributed by atoms with E-state index < -0.39 is 0 Å². The number of nitrogens with one attached hydrogen (secondary N) is 2. The summed E-state index contributed by atoms with van der Waals surface area (Å²) in [5.41, 5.74) is -0.247. The number of rotatable bonds is 7. The first-order chi connectivity index (χ1) is 7.80. The summed E-state index contributed by atoms with van der Waals surface area (Å²) in [5.74, 6) is 0. The highest BCUT2D eigenvalue weighted by atomic mass is 16.5. The first kappa shape index (κ1) is 16.2. The minimum absolute atomic E-state index is 0.0253. The lowest BCUT2D eigenvalue weighted by Gasteiger charge is -2.27. The topological polar surface area (TPSA) is 70.6 Å². The molecule has 17 heavy (non-hydrogen) atoms. The van der Waals surface area contributed by atoms with Gasteiger partial charge in [0.15, 0.2) is 0 Å². The zero-order valence-corrected chi connectivity index (χ0v) is 11.5. The summed E-state index contributed by atoms with van der Waals surface area (Å²) in [6, 6.07) is -0.195. The van der Waals surface area contributed by atoms with E-state index in [0.717, 1.165) is 6.42 Å². The number of aliphatic hydroxyl groups is 1. The van der Waals surface area contributed by atoms with Crippen molar-refractivity contribution < 1.29 is 14.6 Å². The van der Waals surface area contributed by atoms with Gasteiger partial charge >= 0.3 is 6.03 Å². The van der Waals surface area contributed by atoms with Gasteiger partial charge in [0.25, 0.3) is 0 Å². The molecule has 0 rings (SSSR count). The van der Waals surface area contributed by atoms with Gasteiger partial charge in [0.1, 0.15) is 0 Å². The van der Waals surface area contributed by atoms with Gasteiger partial charge in [-0.25, -0.2) is 4.79 Å². The predicted octanol–water partition coefficient (Wildman–Crippen LogP) is 1.26.